The van der Waals surface area contributed by atoms with E-state index in [1.807, 2.05) is 12.1 Å². The van der Waals surface area contributed by atoms with Crippen LogP contribution in [-0.4, -0.2) is 55.9 Å². The molecule has 2 atom stereocenters. The summed E-state index contributed by atoms with van der Waals surface area (Å²) in [6.45, 7) is 3.59. The van der Waals surface area contributed by atoms with Crippen LogP contribution in [0.15, 0.2) is 18.3 Å². The summed E-state index contributed by atoms with van der Waals surface area (Å²) in [5.41, 5.74) is 6.24. The molecule has 0 spiro atoms. The Bertz CT molecular complexity index is 502. The quantitative estimate of drug-likeness (QED) is 0.835. The van der Waals surface area contributed by atoms with Gasteiger partial charge in [-0.1, -0.05) is 0 Å². The molecule has 1 aromatic heterocycles. The molecule has 0 unspecified atom stereocenters. The number of ether oxygens (including phenoxy) is 2. The van der Waals surface area contributed by atoms with E-state index in [9.17, 15) is 4.79 Å². The number of anilines is 2. The summed E-state index contributed by atoms with van der Waals surface area (Å²) >= 11 is 0. The number of nitrogens with one attached hydrogen (secondary N) is 1. The molecule has 7 nitrogen and oxygen atoms in total. The van der Waals surface area contributed by atoms with E-state index in [-0.39, 0.29) is 12.0 Å². The average Bonchev–Trinajstić information content (AvgIpc) is 3.06. The maximum absolute atomic E-state index is 12.1. The summed E-state index contributed by atoms with van der Waals surface area (Å²) in [6.07, 6.45) is 2.82. The molecular formula is C15H22N4O3. The van der Waals surface area contributed by atoms with Crippen molar-refractivity contribution in [2.45, 2.75) is 25.0 Å². The van der Waals surface area contributed by atoms with Gasteiger partial charge in [0, 0.05) is 19.6 Å². The highest BCUT2D eigenvalue weighted by molar-refractivity contribution is 5.94. The van der Waals surface area contributed by atoms with Crippen LogP contribution in [0, 0.1) is 0 Å². The zero-order chi connectivity index (χ0) is 15.4. The standard InChI is InChI=1S/C15H22N4O3/c16-9-12-2-3-13(22-12)15(20)18-11-1-4-14(17-10-11)19-5-7-21-8-6-19/h1,4,10,12-13H,2-3,5-9,16H2,(H,18,20)/t12-,13+/m1/s1. The minimum atomic E-state index is -0.410. The third kappa shape index (κ3) is 3.55. The van der Waals surface area contributed by atoms with Crippen molar-refractivity contribution in [2.24, 2.45) is 5.73 Å². The van der Waals surface area contributed by atoms with Gasteiger partial charge in [-0.15, -0.1) is 0 Å². The first-order chi connectivity index (χ1) is 10.8. The smallest absolute Gasteiger partial charge is 0.253 e. The molecule has 3 N–H and O–H groups in total. The van der Waals surface area contributed by atoms with Crippen molar-refractivity contribution in [3.8, 4) is 0 Å². The first-order valence-corrected chi connectivity index (χ1v) is 7.71. The summed E-state index contributed by atoms with van der Waals surface area (Å²) in [5.74, 6) is 0.776. The second-order valence-corrected chi connectivity index (χ2v) is 5.55. The summed E-state index contributed by atoms with van der Waals surface area (Å²) < 4.78 is 10.9. The number of aromatic nitrogens is 1. The van der Waals surface area contributed by atoms with Crippen molar-refractivity contribution in [1.29, 1.82) is 0 Å². The fourth-order valence-corrected chi connectivity index (χ4v) is 2.73. The third-order valence-electron chi connectivity index (χ3n) is 4.01. The van der Waals surface area contributed by atoms with Gasteiger partial charge in [-0.2, -0.15) is 0 Å². The van der Waals surface area contributed by atoms with Gasteiger partial charge in [0.1, 0.15) is 11.9 Å². The van der Waals surface area contributed by atoms with Crippen molar-refractivity contribution in [3.05, 3.63) is 18.3 Å². The Morgan fingerprint density at radius 2 is 2.18 bits per heavy atom. The van der Waals surface area contributed by atoms with E-state index < -0.39 is 6.10 Å². The molecule has 1 amide bonds. The van der Waals surface area contributed by atoms with Gasteiger partial charge < -0.3 is 25.4 Å². The van der Waals surface area contributed by atoms with Crippen molar-refractivity contribution >= 4 is 17.4 Å². The number of carbonyl (C=O) groups is 1. The number of pyridine rings is 1. The lowest BCUT2D eigenvalue weighted by molar-refractivity contribution is -0.126. The lowest BCUT2D eigenvalue weighted by Crippen LogP contribution is -2.36. The van der Waals surface area contributed by atoms with E-state index in [1.54, 1.807) is 6.20 Å². The van der Waals surface area contributed by atoms with Crippen LogP contribution >= 0.6 is 0 Å². The van der Waals surface area contributed by atoms with Gasteiger partial charge in [-0.05, 0) is 25.0 Å². The molecular weight excluding hydrogens is 284 g/mol. The van der Waals surface area contributed by atoms with Gasteiger partial charge in [0.05, 0.1) is 31.2 Å². The van der Waals surface area contributed by atoms with Crippen LogP contribution in [0.5, 0.6) is 0 Å². The SMILES string of the molecule is NC[C@H]1CC[C@@H](C(=O)Nc2ccc(N3CCOCC3)nc2)O1. The van der Waals surface area contributed by atoms with Gasteiger partial charge in [0.25, 0.3) is 5.91 Å². The van der Waals surface area contributed by atoms with Crippen LogP contribution < -0.4 is 16.0 Å². The molecule has 0 radical (unpaired) electrons. The van der Waals surface area contributed by atoms with Gasteiger partial charge in [-0.25, -0.2) is 4.98 Å². The van der Waals surface area contributed by atoms with Crippen molar-refractivity contribution in [3.63, 3.8) is 0 Å². The molecule has 2 aliphatic heterocycles. The zero-order valence-electron chi connectivity index (χ0n) is 12.5. The van der Waals surface area contributed by atoms with Gasteiger partial charge in [-0.3, -0.25) is 4.79 Å². The Balaban J connectivity index is 1.55. The average molecular weight is 306 g/mol. The van der Waals surface area contributed by atoms with Gasteiger partial charge in [0.15, 0.2) is 0 Å². The molecule has 3 rings (SSSR count). The van der Waals surface area contributed by atoms with Crippen molar-refractivity contribution < 1.29 is 14.3 Å². The Kier molecular flexibility index (Phi) is 4.87. The van der Waals surface area contributed by atoms with E-state index in [4.69, 9.17) is 15.2 Å². The number of rotatable bonds is 4. The van der Waals surface area contributed by atoms with E-state index in [0.717, 1.165) is 38.5 Å². The molecule has 0 saturated carbocycles. The maximum atomic E-state index is 12.1. The van der Waals surface area contributed by atoms with Gasteiger partial charge >= 0.3 is 0 Å². The largest absolute Gasteiger partial charge is 0.378 e. The summed E-state index contributed by atoms with van der Waals surface area (Å²) in [7, 11) is 0. The van der Waals surface area contributed by atoms with Crippen molar-refractivity contribution in [1.82, 2.24) is 4.98 Å². The molecule has 3 heterocycles. The summed E-state index contributed by atoms with van der Waals surface area (Å²) in [5, 5.41) is 2.85. The maximum Gasteiger partial charge on any atom is 0.253 e. The number of hydrogen-bond donors (Lipinski definition) is 2. The number of amides is 1. The zero-order valence-corrected chi connectivity index (χ0v) is 12.5. The van der Waals surface area contributed by atoms with Crippen LogP contribution in [0.4, 0.5) is 11.5 Å². The first-order valence-electron chi connectivity index (χ1n) is 7.71. The number of nitrogens with two attached hydrogens (primary N) is 1. The Morgan fingerprint density at radius 3 is 2.82 bits per heavy atom. The summed E-state index contributed by atoms with van der Waals surface area (Å²) in [4.78, 5) is 18.7. The Hall–Kier alpha value is -1.70. The number of morpholine rings is 1. The van der Waals surface area contributed by atoms with Crippen LogP contribution in [0.1, 0.15) is 12.8 Å². The minimum absolute atomic E-state index is 0.00225. The molecule has 0 bridgehead atoms. The fraction of sp³-hybridized carbons (Fsp3) is 0.600. The number of carbonyl (C=O) groups excluding carboxylic acids is 1. The molecule has 2 saturated heterocycles. The highest BCUT2D eigenvalue weighted by atomic mass is 16.5. The first kappa shape index (κ1) is 15.2. The predicted molar refractivity (Wildman–Crippen MR) is 82.8 cm³/mol. The van der Waals surface area contributed by atoms with Crippen LogP contribution in [0.25, 0.3) is 0 Å². The van der Waals surface area contributed by atoms with Gasteiger partial charge in [0.2, 0.25) is 0 Å². The molecule has 1 aromatic rings. The predicted octanol–water partition coefficient (Wildman–Crippen LogP) is 0.363. The normalized spacial score (nSPS) is 25.2. The highest BCUT2D eigenvalue weighted by Crippen LogP contribution is 2.21. The molecule has 22 heavy (non-hydrogen) atoms. The second kappa shape index (κ2) is 7.04. The third-order valence-corrected chi connectivity index (χ3v) is 4.01. The fourth-order valence-electron chi connectivity index (χ4n) is 2.73. The molecule has 0 aromatic carbocycles. The summed E-state index contributed by atoms with van der Waals surface area (Å²) in [6, 6.07) is 3.78. The molecule has 0 aliphatic carbocycles. The van der Waals surface area contributed by atoms with E-state index in [0.29, 0.717) is 18.7 Å². The highest BCUT2D eigenvalue weighted by Gasteiger charge is 2.29. The minimum Gasteiger partial charge on any atom is -0.378 e. The lowest BCUT2D eigenvalue weighted by Gasteiger charge is -2.27. The Morgan fingerprint density at radius 1 is 1.36 bits per heavy atom. The lowest BCUT2D eigenvalue weighted by atomic mass is 10.2. The molecule has 120 valence electrons. The Labute approximate surface area is 129 Å². The monoisotopic (exact) mass is 306 g/mol. The second-order valence-electron chi connectivity index (χ2n) is 5.55. The number of hydrogen-bond acceptors (Lipinski definition) is 6. The van der Waals surface area contributed by atoms with Crippen LogP contribution in [-0.2, 0) is 14.3 Å². The number of nitrogens with zero attached hydrogens (tertiary/aromatic N) is 2. The van der Waals surface area contributed by atoms with Crippen molar-refractivity contribution in [2.75, 3.05) is 43.1 Å². The van der Waals surface area contributed by atoms with E-state index >= 15 is 0 Å². The van der Waals surface area contributed by atoms with Crippen LogP contribution in [0.3, 0.4) is 0 Å². The van der Waals surface area contributed by atoms with E-state index in [1.165, 1.54) is 0 Å². The van der Waals surface area contributed by atoms with Crippen LogP contribution in [0.2, 0.25) is 0 Å². The molecule has 7 heteroatoms. The van der Waals surface area contributed by atoms with E-state index in [2.05, 4.69) is 15.2 Å². The molecule has 2 aliphatic rings. The molecule has 2 fully saturated rings. The topological polar surface area (TPSA) is 89.7 Å².